The van der Waals surface area contributed by atoms with Crippen molar-refractivity contribution in [3.63, 3.8) is 0 Å². The Morgan fingerprint density at radius 2 is 2.20 bits per heavy atom. The largest absolute Gasteiger partial charge is 0.364 e. The molecule has 126 valence electrons. The van der Waals surface area contributed by atoms with Gasteiger partial charge in [-0.15, -0.1) is 10.2 Å². The Balaban J connectivity index is 1.31. The zero-order valence-corrected chi connectivity index (χ0v) is 13.8. The van der Waals surface area contributed by atoms with Crippen molar-refractivity contribution in [2.45, 2.75) is 6.42 Å². The first-order valence-electron chi connectivity index (χ1n) is 7.64. The smallest absolute Gasteiger partial charge is 0.321 e. The summed E-state index contributed by atoms with van der Waals surface area (Å²) in [6, 6.07) is 9.51. The number of nitrogens with one attached hydrogen (secondary N) is 3. The van der Waals surface area contributed by atoms with E-state index in [0.717, 1.165) is 22.9 Å². The molecule has 0 fully saturated rings. The SMILES string of the molecule is O=C(NCCc1cccc2cc[nH]c12)Nc1nnc(-c2ccon2)s1. The first kappa shape index (κ1) is 15.3. The lowest BCUT2D eigenvalue weighted by Crippen LogP contribution is -2.30. The molecule has 0 saturated heterocycles. The normalized spacial score (nSPS) is 10.9. The van der Waals surface area contributed by atoms with Crippen LogP contribution in [-0.4, -0.2) is 32.9 Å². The monoisotopic (exact) mass is 354 g/mol. The number of anilines is 1. The van der Waals surface area contributed by atoms with Crippen molar-refractivity contribution in [2.24, 2.45) is 0 Å². The van der Waals surface area contributed by atoms with Crippen molar-refractivity contribution in [1.29, 1.82) is 0 Å². The molecular weight excluding hydrogens is 340 g/mol. The maximum absolute atomic E-state index is 12.0. The average Bonchev–Trinajstić information content (AvgIpc) is 3.36. The van der Waals surface area contributed by atoms with E-state index in [9.17, 15) is 4.79 Å². The summed E-state index contributed by atoms with van der Waals surface area (Å²) in [5, 5.41) is 19.3. The first-order valence-corrected chi connectivity index (χ1v) is 8.45. The molecule has 3 N–H and O–H groups in total. The highest BCUT2D eigenvalue weighted by atomic mass is 32.1. The van der Waals surface area contributed by atoms with Crippen LogP contribution in [0.25, 0.3) is 21.6 Å². The number of carbonyl (C=O) groups excluding carboxylic acids is 1. The van der Waals surface area contributed by atoms with Gasteiger partial charge in [0.1, 0.15) is 12.0 Å². The third-order valence-electron chi connectivity index (χ3n) is 3.66. The van der Waals surface area contributed by atoms with Crippen molar-refractivity contribution >= 4 is 33.4 Å². The Labute approximate surface area is 146 Å². The number of rotatable bonds is 5. The molecule has 1 aromatic carbocycles. The Morgan fingerprint density at radius 1 is 1.24 bits per heavy atom. The Morgan fingerprint density at radius 3 is 3.08 bits per heavy atom. The molecule has 0 aliphatic rings. The van der Waals surface area contributed by atoms with Gasteiger partial charge in [0.05, 0.1) is 0 Å². The summed E-state index contributed by atoms with van der Waals surface area (Å²) in [6.07, 6.45) is 4.10. The highest BCUT2D eigenvalue weighted by Crippen LogP contribution is 2.24. The second-order valence-corrected chi connectivity index (χ2v) is 6.26. The molecular formula is C16H14N6O2S. The summed E-state index contributed by atoms with van der Waals surface area (Å²) < 4.78 is 4.77. The highest BCUT2D eigenvalue weighted by molar-refractivity contribution is 7.18. The van der Waals surface area contributed by atoms with Crippen LogP contribution >= 0.6 is 11.3 Å². The Hall–Kier alpha value is -3.20. The third-order valence-corrected chi connectivity index (χ3v) is 4.52. The number of benzene rings is 1. The maximum Gasteiger partial charge on any atom is 0.321 e. The molecule has 0 spiro atoms. The summed E-state index contributed by atoms with van der Waals surface area (Å²) in [4.78, 5) is 15.2. The molecule has 25 heavy (non-hydrogen) atoms. The number of para-hydroxylation sites is 1. The molecule has 0 unspecified atom stereocenters. The van der Waals surface area contributed by atoms with Gasteiger partial charge in [-0.25, -0.2) is 4.79 Å². The molecule has 4 aromatic rings. The number of hydrogen-bond acceptors (Lipinski definition) is 6. The summed E-state index contributed by atoms with van der Waals surface area (Å²) in [5.41, 5.74) is 2.85. The van der Waals surface area contributed by atoms with Gasteiger partial charge in [0.2, 0.25) is 5.13 Å². The molecule has 0 radical (unpaired) electrons. The quantitative estimate of drug-likeness (QED) is 0.510. The summed E-state index contributed by atoms with van der Waals surface area (Å²) in [7, 11) is 0. The van der Waals surface area contributed by atoms with Gasteiger partial charge in [-0.2, -0.15) is 0 Å². The zero-order chi connectivity index (χ0) is 17.1. The van der Waals surface area contributed by atoms with Crippen molar-refractivity contribution in [2.75, 3.05) is 11.9 Å². The van der Waals surface area contributed by atoms with Gasteiger partial charge < -0.3 is 14.8 Å². The molecule has 3 heterocycles. The number of fused-ring (bicyclic) bond motifs is 1. The van der Waals surface area contributed by atoms with Crippen LogP contribution < -0.4 is 10.6 Å². The fourth-order valence-electron chi connectivity index (χ4n) is 2.51. The second-order valence-electron chi connectivity index (χ2n) is 5.29. The summed E-state index contributed by atoms with van der Waals surface area (Å²) in [5.74, 6) is 0. The van der Waals surface area contributed by atoms with Crippen molar-refractivity contribution < 1.29 is 9.32 Å². The van der Waals surface area contributed by atoms with E-state index in [1.165, 1.54) is 17.6 Å². The molecule has 0 aliphatic carbocycles. The molecule has 3 aromatic heterocycles. The number of aromatic amines is 1. The number of urea groups is 1. The van der Waals surface area contributed by atoms with Crippen LogP contribution in [0.5, 0.6) is 0 Å². The Kier molecular flexibility index (Phi) is 4.13. The molecule has 9 heteroatoms. The number of H-pyrrole nitrogens is 1. The van der Waals surface area contributed by atoms with E-state index in [1.54, 1.807) is 6.07 Å². The number of nitrogens with zero attached hydrogens (tertiary/aromatic N) is 3. The standard InChI is InChI=1S/C16H14N6O2S/c23-15(19-16-21-20-14(25-16)12-6-9-24-22-12)18-8-5-11-3-1-2-10-4-7-17-13(10)11/h1-4,6-7,9,17H,5,8H2,(H2,18,19,21,23). The minimum absolute atomic E-state index is 0.318. The van der Waals surface area contributed by atoms with Gasteiger partial charge in [0.25, 0.3) is 0 Å². The predicted molar refractivity (Wildman–Crippen MR) is 94.4 cm³/mol. The van der Waals surface area contributed by atoms with E-state index in [4.69, 9.17) is 4.52 Å². The Bertz CT molecular complexity index is 991. The van der Waals surface area contributed by atoms with Gasteiger partial charge in [-0.3, -0.25) is 5.32 Å². The molecule has 0 bridgehead atoms. The summed E-state index contributed by atoms with van der Waals surface area (Å²) >= 11 is 1.23. The lowest BCUT2D eigenvalue weighted by Gasteiger charge is -2.06. The fourth-order valence-corrected chi connectivity index (χ4v) is 3.21. The molecule has 8 nitrogen and oxygen atoms in total. The van der Waals surface area contributed by atoms with Gasteiger partial charge in [0, 0.05) is 24.3 Å². The molecule has 4 rings (SSSR count). The first-order chi connectivity index (χ1) is 12.3. The topological polar surface area (TPSA) is 109 Å². The van der Waals surface area contributed by atoms with Crippen LogP contribution in [0.3, 0.4) is 0 Å². The lowest BCUT2D eigenvalue weighted by atomic mass is 10.1. The van der Waals surface area contributed by atoms with Crippen molar-refractivity contribution in [1.82, 2.24) is 25.7 Å². The minimum atomic E-state index is -0.318. The van der Waals surface area contributed by atoms with E-state index in [-0.39, 0.29) is 6.03 Å². The number of aromatic nitrogens is 4. The number of amides is 2. The van der Waals surface area contributed by atoms with Crippen LogP contribution in [0, 0.1) is 0 Å². The van der Waals surface area contributed by atoms with Crippen LogP contribution in [-0.2, 0) is 6.42 Å². The molecule has 2 amide bonds. The van der Waals surface area contributed by atoms with Crippen molar-refractivity contribution in [3.8, 4) is 10.7 Å². The molecule has 0 atom stereocenters. The van der Waals surface area contributed by atoms with E-state index < -0.39 is 0 Å². The van der Waals surface area contributed by atoms with Crippen LogP contribution in [0.2, 0.25) is 0 Å². The highest BCUT2D eigenvalue weighted by Gasteiger charge is 2.11. The average molecular weight is 354 g/mol. The predicted octanol–water partition coefficient (Wildman–Crippen LogP) is 3.04. The van der Waals surface area contributed by atoms with E-state index >= 15 is 0 Å². The number of hydrogen-bond donors (Lipinski definition) is 3. The van der Waals surface area contributed by atoms with Crippen molar-refractivity contribution in [3.05, 3.63) is 48.4 Å². The molecule has 0 aliphatic heterocycles. The van der Waals surface area contributed by atoms with E-state index in [0.29, 0.717) is 22.4 Å². The van der Waals surface area contributed by atoms with E-state index in [2.05, 4.69) is 37.0 Å². The fraction of sp³-hybridized carbons (Fsp3) is 0.125. The van der Waals surface area contributed by atoms with Gasteiger partial charge in [-0.05, 0) is 23.4 Å². The second kappa shape index (κ2) is 6.73. The van der Waals surface area contributed by atoms with Gasteiger partial charge in [-0.1, -0.05) is 34.7 Å². The summed E-state index contributed by atoms with van der Waals surface area (Å²) in [6.45, 7) is 0.513. The zero-order valence-electron chi connectivity index (χ0n) is 13.0. The maximum atomic E-state index is 12.0. The van der Waals surface area contributed by atoms with Crippen LogP contribution in [0.15, 0.2) is 47.3 Å². The van der Waals surface area contributed by atoms with E-state index in [1.807, 2.05) is 24.4 Å². The number of carbonyl (C=O) groups is 1. The molecule has 0 saturated carbocycles. The minimum Gasteiger partial charge on any atom is -0.364 e. The van der Waals surface area contributed by atoms with Gasteiger partial charge in [0.15, 0.2) is 5.01 Å². The van der Waals surface area contributed by atoms with Gasteiger partial charge >= 0.3 is 6.03 Å². The van der Waals surface area contributed by atoms with Crippen LogP contribution in [0.1, 0.15) is 5.56 Å². The van der Waals surface area contributed by atoms with Crippen LogP contribution in [0.4, 0.5) is 9.93 Å². The lowest BCUT2D eigenvalue weighted by molar-refractivity contribution is 0.252. The third kappa shape index (κ3) is 3.36.